The van der Waals surface area contributed by atoms with E-state index >= 15 is 0 Å². The van der Waals surface area contributed by atoms with E-state index < -0.39 is 10.0 Å². The van der Waals surface area contributed by atoms with E-state index in [1.54, 1.807) is 54.6 Å². The van der Waals surface area contributed by atoms with E-state index in [0.29, 0.717) is 10.4 Å². The van der Waals surface area contributed by atoms with Gasteiger partial charge in [-0.1, -0.05) is 36.4 Å². The molecule has 6 heteroatoms. The molecule has 3 aromatic rings. The van der Waals surface area contributed by atoms with Crippen LogP contribution in [0, 0.1) is 0 Å². The molecule has 0 aliphatic heterocycles. The summed E-state index contributed by atoms with van der Waals surface area (Å²) in [6, 6.07) is 18.2. The van der Waals surface area contributed by atoms with Crippen molar-refractivity contribution in [2.45, 2.75) is 4.90 Å². The normalized spacial score (nSPS) is 11.1. The van der Waals surface area contributed by atoms with E-state index in [1.165, 1.54) is 23.5 Å². The Morgan fingerprint density at radius 2 is 1.57 bits per heavy atom. The van der Waals surface area contributed by atoms with Crippen LogP contribution in [0.4, 0.5) is 5.69 Å². The number of nitrogens with one attached hydrogen (secondary N) is 1. The Kier molecular flexibility index (Phi) is 4.27. The van der Waals surface area contributed by atoms with Crippen LogP contribution in [0.1, 0.15) is 15.2 Å². The van der Waals surface area contributed by atoms with E-state index in [-0.39, 0.29) is 16.4 Å². The molecule has 0 aliphatic carbocycles. The first-order valence-corrected chi connectivity index (χ1v) is 9.19. The van der Waals surface area contributed by atoms with Crippen LogP contribution in [0.25, 0.3) is 0 Å². The fraction of sp³-hybridized carbons (Fsp3) is 0. The van der Waals surface area contributed by atoms with Gasteiger partial charge in [-0.15, -0.1) is 11.3 Å². The number of para-hydroxylation sites is 1. The average molecular weight is 343 g/mol. The maximum absolute atomic E-state index is 12.5. The van der Waals surface area contributed by atoms with Crippen molar-refractivity contribution in [2.24, 2.45) is 0 Å². The first-order valence-electron chi connectivity index (χ1n) is 6.83. The van der Waals surface area contributed by atoms with Crippen LogP contribution in [-0.4, -0.2) is 14.2 Å². The molecule has 0 saturated carbocycles. The SMILES string of the molecule is O=C(c1cccs1)c1ccccc1NS(=O)(=O)c1ccccc1. The Morgan fingerprint density at radius 3 is 2.26 bits per heavy atom. The molecule has 0 bridgehead atoms. The lowest BCUT2D eigenvalue weighted by Crippen LogP contribution is -2.15. The Balaban J connectivity index is 1.97. The number of hydrogen-bond acceptors (Lipinski definition) is 4. The van der Waals surface area contributed by atoms with Gasteiger partial charge in [-0.05, 0) is 35.7 Å². The fourth-order valence-corrected chi connectivity index (χ4v) is 3.89. The minimum absolute atomic E-state index is 0.151. The molecule has 0 saturated heterocycles. The van der Waals surface area contributed by atoms with Gasteiger partial charge in [-0.2, -0.15) is 0 Å². The van der Waals surface area contributed by atoms with Gasteiger partial charge in [0.05, 0.1) is 15.5 Å². The van der Waals surface area contributed by atoms with Crippen molar-refractivity contribution >= 4 is 32.8 Å². The first-order chi connectivity index (χ1) is 11.1. The highest BCUT2D eigenvalue weighted by Gasteiger charge is 2.19. The summed E-state index contributed by atoms with van der Waals surface area (Å²) in [4.78, 5) is 13.2. The summed E-state index contributed by atoms with van der Waals surface area (Å²) < 4.78 is 27.4. The molecule has 116 valence electrons. The summed E-state index contributed by atoms with van der Waals surface area (Å²) in [5.41, 5.74) is 0.601. The third kappa shape index (κ3) is 3.33. The average Bonchev–Trinajstić information content (AvgIpc) is 3.10. The molecule has 1 aromatic heterocycles. The predicted molar refractivity (Wildman–Crippen MR) is 91.4 cm³/mol. The lowest BCUT2D eigenvalue weighted by Gasteiger charge is -2.11. The molecular weight excluding hydrogens is 330 g/mol. The Morgan fingerprint density at radius 1 is 0.870 bits per heavy atom. The summed E-state index contributed by atoms with van der Waals surface area (Å²) in [6.07, 6.45) is 0. The van der Waals surface area contributed by atoms with Crippen LogP contribution in [0.3, 0.4) is 0 Å². The first kappa shape index (κ1) is 15.5. The van der Waals surface area contributed by atoms with Crippen molar-refractivity contribution in [3.63, 3.8) is 0 Å². The molecule has 23 heavy (non-hydrogen) atoms. The summed E-state index contributed by atoms with van der Waals surface area (Å²) in [6.45, 7) is 0. The zero-order valence-corrected chi connectivity index (χ0v) is 13.6. The zero-order chi connectivity index (χ0) is 16.3. The molecule has 0 spiro atoms. The zero-order valence-electron chi connectivity index (χ0n) is 12.0. The van der Waals surface area contributed by atoms with E-state index in [2.05, 4.69) is 4.72 Å². The minimum atomic E-state index is -3.74. The van der Waals surface area contributed by atoms with Gasteiger partial charge < -0.3 is 0 Å². The highest BCUT2D eigenvalue weighted by atomic mass is 32.2. The summed E-state index contributed by atoms with van der Waals surface area (Å²) >= 11 is 1.32. The van der Waals surface area contributed by atoms with Crippen molar-refractivity contribution in [3.8, 4) is 0 Å². The lowest BCUT2D eigenvalue weighted by atomic mass is 10.1. The van der Waals surface area contributed by atoms with Gasteiger partial charge in [0, 0.05) is 5.56 Å². The van der Waals surface area contributed by atoms with E-state index in [0.717, 1.165) is 0 Å². The van der Waals surface area contributed by atoms with E-state index in [4.69, 9.17) is 0 Å². The van der Waals surface area contributed by atoms with Gasteiger partial charge in [-0.3, -0.25) is 9.52 Å². The van der Waals surface area contributed by atoms with Crippen LogP contribution in [-0.2, 0) is 10.0 Å². The smallest absolute Gasteiger partial charge is 0.261 e. The molecule has 0 amide bonds. The number of anilines is 1. The maximum Gasteiger partial charge on any atom is 0.261 e. The molecule has 0 atom stereocenters. The second kappa shape index (κ2) is 6.36. The monoisotopic (exact) mass is 343 g/mol. The third-order valence-corrected chi connectivity index (χ3v) is 5.46. The van der Waals surface area contributed by atoms with Crippen LogP contribution >= 0.6 is 11.3 Å². The number of benzene rings is 2. The summed E-state index contributed by atoms with van der Waals surface area (Å²) in [5, 5.41) is 1.81. The van der Waals surface area contributed by atoms with Crippen molar-refractivity contribution in [1.82, 2.24) is 0 Å². The molecule has 0 fully saturated rings. The number of rotatable bonds is 5. The summed E-state index contributed by atoms with van der Waals surface area (Å²) in [5.74, 6) is -0.202. The molecule has 3 rings (SSSR count). The highest BCUT2D eigenvalue weighted by Crippen LogP contribution is 2.24. The molecule has 2 aromatic carbocycles. The number of carbonyl (C=O) groups excluding carboxylic acids is 1. The molecule has 1 heterocycles. The molecule has 0 unspecified atom stereocenters. The summed E-state index contributed by atoms with van der Waals surface area (Å²) in [7, 11) is -3.74. The number of hydrogen-bond donors (Lipinski definition) is 1. The van der Waals surface area contributed by atoms with Gasteiger partial charge in [-0.25, -0.2) is 8.42 Å². The second-order valence-corrected chi connectivity index (χ2v) is 7.40. The van der Waals surface area contributed by atoms with Crippen LogP contribution in [0.2, 0.25) is 0 Å². The minimum Gasteiger partial charge on any atom is -0.288 e. The molecular formula is C17H13NO3S2. The van der Waals surface area contributed by atoms with Gasteiger partial charge in [0.2, 0.25) is 5.78 Å². The van der Waals surface area contributed by atoms with E-state index in [9.17, 15) is 13.2 Å². The number of thiophene rings is 1. The second-order valence-electron chi connectivity index (χ2n) is 4.77. The number of sulfonamides is 1. The van der Waals surface area contributed by atoms with Gasteiger partial charge in [0.25, 0.3) is 10.0 Å². The van der Waals surface area contributed by atoms with Gasteiger partial charge >= 0.3 is 0 Å². The van der Waals surface area contributed by atoms with E-state index in [1.807, 2.05) is 5.38 Å². The Labute approximate surface area is 138 Å². The van der Waals surface area contributed by atoms with Crippen molar-refractivity contribution in [2.75, 3.05) is 4.72 Å². The van der Waals surface area contributed by atoms with Crippen molar-refractivity contribution < 1.29 is 13.2 Å². The molecule has 0 aliphatic rings. The highest BCUT2D eigenvalue weighted by molar-refractivity contribution is 7.92. The van der Waals surface area contributed by atoms with Crippen molar-refractivity contribution in [1.29, 1.82) is 0 Å². The Bertz CT molecular complexity index is 917. The topological polar surface area (TPSA) is 63.2 Å². The van der Waals surface area contributed by atoms with Crippen LogP contribution < -0.4 is 4.72 Å². The largest absolute Gasteiger partial charge is 0.288 e. The van der Waals surface area contributed by atoms with Crippen LogP contribution in [0.5, 0.6) is 0 Å². The molecule has 4 nitrogen and oxygen atoms in total. The van der Waals surface area contributed by atoms with Gasteiger partial charge in [0.1, 0.15) is 0 Å². The fourth-order valence-electron chi connectivity index (χ4n) is 2.11. The predicted octanol–water partition coefficient (Wildman–Crippen LogP) is 3.78. The number of carbonyl (C=O) groups is 1. The quantitative estimate of drug-likeness (QED) is 0.717. The standard InChI is InChI=1S/C17H13NO3S2/c19-17(16-11-6-12-22-16)14-9-4-5-10-15(14)18-23(20,21)13-7-2-1-3-8-13/h1-12,18H. The van der Waals surface area contributed by atoms with Gasteiger partial charge in [0.15, 0.2) is 0 Å². The molecule has 1 N–H and O–H groups in total. The Hall–Kier alpha value is -2.44. The molecule has 0 radical (unpaired) electrons. The van der Waals surface area contributed by atoms with Crippen molar-refractivity contribution in [3.05, 3.63) is 82.6 Å². The number of ketones is 1. The third-order valence-electron chi connectivity index (χ3n) is 3.21. The van der Waals surface area contributed by atoms with Crippen LogP contribution in [0.15, 0.2) is 77.0 Å². The maximum atomic E-state index is 12.5. The lowest BCUT2D eigenvalue weighted by molar-refractivity contribution is 0.104.